The molecule has 1 aliphatic heterocycles. The first-order valence-electron chi connectivity index (χ1n) is 8.80. The molecule has 1 heterocycles. The molecular weight excluding hydrogens is 446 g/mol. The number of hydrogen-bond acceptors (Lipinski definition) is 5. The van der Waals surface area contributed by atoms with E-state index in [1.807, 2.05) is 0 Å². The molecule has 1 amide bonds. The summed E-state index contributed by atoms with van der Waals surface area (Å²) >= 11 is 3.20. The summed E-state index contributed by atoms with van der Waals surface area (Å²) in [5.74, 6) is -0.405. The number of carbonyl (C=O) groups excluding carboxylic acids is 1. The highest BCUT2D eigenvalue weighted by Crippen LogP contribution is 2.23. The Bertz CT molecular complexity index is 1000. The third-order valence-corrected chi connectivity index (χ3v) is 6.93. The van der Waals surface area contributed by atoms with E-state index in [9.17, 15) is 18.3 Å². The molecule has 1 aliphatic rings. The van der Waals surface area contributed by atoms with Crippen LogP contribution in [0, 0.1) is 0 Å². The van der Waals surface area contributed by atoms with E-state index < -0.39 is 15.9 Å². The zero-order valence-electron chi connectivity index (χ0n) is 15.0. The molecule has 0 bridgehead atoms. The van der Waals surface area contributed by atoms with Gasteiger partial charge in [-0.1, -0.05) is 12.5 Å². The fourth-order valence-electron chi connectivity index (χ4n) is 2.89. The summed E-state index contributed by atoms with van der Waals surface area (Å²) in [5, 5.41) is 13.4. The van der Waals surface area contributed by atoms with Crippen LogP contribution in [0.2, 0.25) is 0 Å². The molecule has 2 aromatic rings. The lowest BCUT2D eigenvalue weighted by molar-refractivity contribution is 0.0955. The Labute approximate surface area is 172 Å². The summed E-state index contributed by atoms with van der Waals surface area (Å²) < 4.78 is 27.5. The van der Waals surface area contributed by atoms with Crippen LogP contribution in [-0.4, -0.2) is 43.0 Å². The van der Waals surface area contributed by atoms with E-state index in [0.29, 0.717) is 23.1 Å². The molecule has 0 aromatic heterocycles. The van der Waals surface area contributed by atoms with Crippen LogP contribution in [0.5, 0.6) is 5.75 Å². The number of carbonyl (C=O) groups is 1. The van der Waals surface area contributed by atoms with Crippen molar-refractivity contribution in [2.75, 3.05) is 13.1 Å². The maximum atomic E-state index is 12.8. The lowest BCUT2D eigenvalue weighted by Gasteiger charge is -2.25. The summed E-state index contributed by atoms with van der Waals surface area (Å²) in [5.41, 5.74) is 3.27. The number of halogens is 1. The highest BCUT2D eigenvalue weighted by molar-refractivity contribution is 9.10. The van der Waals surface area contributed by atoms with E-state index in [2.05, 4.69) is 26.5 Å². The Hall–Kier alpha value is -2.23. The van der Waals surface area contributed by atoms with Gasteiger partial charge in [-0.05, 0) is 70.7 Å². The first kappa shape index (κ1) is 20.5. The van der Waals surface area contributed by atoms with Crippen molar-refractivity contribution in [3.05, 3.63) is 58.1 Å². The Morgan fingerprint density at radius 3 is 2.61 bits per heavy atom. The molecule has 2 aromatic carbocycles. The van der Waals surface area contributed by atoms with Gasteiger partial charge in [0.1, 0.15) is 5.75 Å². The molecular formula is C19H20BrN3O4S. The van der Waals surface area contributed by atoms with Gasteiger partial charge in [-0.3, -0.25) is 4.79 Å². The number of phenols is 1. The van der Waals surface area contributed by atoms with Crippen molar-refractivity contribution in [2.24, 2.45) is 5.10 Å². The van der Waals surface area contributed by atoms with Gasteiger partial charge in [0.25, 0.3) is 5.91 Å². The number of piperidine rings is 1. The van der Waals surface area contributed by atoms with Crippen molar-refractivity contribution >= 4 is 38.1 Å². The van der Waals surface area contributed by atoms with E-state index in [1.54, 1.807) is 18.2 Å². The van der Waals surface area contributed by atoms with Gasteiger partial charge >= 0.3 is 0 Å². The normalized spacial score (nSPS) is 15.6. The first-order chi connectivity index (χ1) is 13.4. The standard InChI is InChI=1S/C19H20BrN3O4S/c20-17-11-14(7-8-18(17)24)13-21-22-19(25)15-5-4-6-16(12-15)28(26,27)23-9-2-1-3-10-23/h4-8,11-13,24H,1-3,9-10H2,(H,22,25)/b21-13+. The average molecular weight is 466 g/mol. The fourth-order valence-corrected chi connectivity index (χ4v) is 4.85. The molecule has 1 saturated heterocycles. The molecule has 3 rings (SSSR count). The second-order valence-electron chi connectivity index (χ2n) is 6.40. The van der Waals surface area contributed by atoms with Crippen LogP contribution in [0.15, 0.2) is 56.9 Å². The van der Waals surface area contributed by atoms with Crippen molar-refractivity contribution in [2.45, 2.75) is 24.2 Å². The molecule has 7 nitrogen and oxygen atoms in total. The molecule has 0 radical (unpaired) electrons. The van der Waals surface area contributed by atoms with Crippen LogP contribution < -0.4 is 5.43 Å². The zero-order chi connectivity index (χ0) is 20.1. The molecule has 0 saturated carbocycles. The Morgan fingerprint density at radius 1 is 1.14 bits per heavy atom. The molecule has 0 spiro atoms. The summed E-state index contributed by atoms with van der Waals surface area (Å²) in [6.45, 7) is 1.01. The maximum Gasteiger partial charge on any atom is 0.271 e. The molecule has 9 heteroatoms. The third-order valence-electron chi connectivity index (χ3n) is 4.40. The maximum absolute atomic E-state index is 12.8. The topological polar surface area (TPSA) is 99.1 Å². The second-order valence-corrected chi connectivity index (χ2v) is 9.19. The van der Waals surface area contributed by atoms with Crippen molar-refractivity contribution in [3.8, 4) is 5.75 Å². The Kier molecular flexibility index (Phi) is 6.48. The van der Waals surface area contributed by atoms with Gasteiger partial charge < -0.3 is 5.11 Å². The van der Waals surface area contributed by atoms with Crippen LogP contribution in [0.1, 0.15) is 35.2 Å². The number of nitrogens with one attached hydrogen (secondary N) is 1. The second kappa shape index (κ2) is 8.85. The summed E-state index contributed by atoms with van der Waals surface area (Å²) in [6, 6.07) is 10.7. The summed E-state index contributed by atoms with van der Waals surface area (Å²) in [6.07, 6.45) is 4.16. The number of hydrazone groups is 1. The van der Waals surface area contributed by atoms with Crippen LogP contribution in [-0.2, 0) is 10.0 Å². The molecule has 0 aliphatic carbocycles. The van der Waals surface area contributed by atoms with Crippen LogP contribution in [0.4, 0.5) is 0 Å². The zero-order valence-corrected chi connectivity index (χ0v) is 17.4. The predicted molar refractivity (Wildman–Crippen MR) is 110 cm³/mol. The lowest BCUT2D eigenvalue weighted by atomic mass is 10.2. The molecule has 28 heavy (non-hydrogen) atoms. The quantitative estimate of drug-likeness (QED) is 0.523. The van der Waals surface area contributed by atoms with E-state index in [-0.39, 0.29) is 16.2 Å². The monoisotopic (exact) mass is 465 g/mol. The number of phenolic OH excluding ortho intramolecular Hbond substituents is 1. The summed E-state index contributed by atoms with van der Waals surface area (Å²) in [4.78, 5) is 12.4. The van der Waals surface area contributed by atoms with Crippen molar-refractivity contribution < 1.29 is 18.3 Å². The number of benzene rings is 2. The van der Waals surface area contributed by atoms with E-state index in [0.717, 1.165) is 19.3 Å². The van der Waals surface area contributed by atoms with Gasteiger partial charge in [0.15, 0.2) is 0 Å². The van der Waals surface area contributed by atoms with Gasteiger partial charge in [-0.2, -0.15) is 9.41 Å². The van der Waals surface area contributed by atoms with Crippen molar-refractivity contribution in [3.63, 3.8) is 0 Å². The van der Waals surface area contributed by atoms with Gasteiger partial charge in [0.2, 0.25) is 10.0 Å². The minimum Gasteiger partial charge on any atom is -0.507 e. The molecule has 0 atom stereocenters. The van der Waals surface area contributed by atoms with Crippen LogP contribution in [0.3, 0.4) is 0 Å². The smallest absolute Gasteiger partial charge is 0.271 e. The van der Waals surface area contributed by atoms with Crippen LogP contribution in [0.25, 0.3) is 0 Å². The number of sulfonamides is 1. The minimum absolute atomic E-state index is 0.105. The molecule has 2 N–H and O–H groups in total. The van der Waals surface area contributed by atoms with Gasteiger partial charge in [0, 0.05) is 18.7 Å². The van der Waals surface area contributed by atoms with Crippen LogP contribution >= 0.6 is 15.9 Å². The Balaban J connectivity index is 1.71. The molecule has 0 unspecified atom stereocenters. The number of amides is 1. The van der Waals surface area contributed by atoms with Crippen molar-refractivity contribution in [1.82, 2.24) is 9.73 Å². The SMILES string of the molecule is O=C(N/N=C/c1ccc(O)c(Br)c1)c1cccc(S(=O)(=O)N2CCCCC2)c1. The molecule has 148 valence electrons. The number of aromatic hydroxyl groups is 1. The number of nitrogens with zero attached hydrogens (tertiary/aromatic N) is 2. The van der Waals surface area contributed by atoms with Crippen molar-refractivity contribution in [1.29, 1.82) is 0 Å². The van der Waals surface area contributed by atoms with E-state index >= 15 is 0 Å². The highest BCUT2D eigenvalue weighted by atomic mass is 79.9. The third kappa shape index (κ3) is 4.78. The van der Waals surface area contributed by atoms with Gasteiger partial charge in [0.05, 0.1) is 15.6 Å². The van der Waals surface area contributed by atoms with Gasteiger partial charge in [-0.15, -0.1) is 0 Å². The number of rotatable bonds is 5. The largest absolute Gasteiger partial charge is 0.507 e. The predicted octanol–water partition coefficient (Wildman–Crippen LogP) is 3.09. The van der Waals surface area contributed by atoms with E-state index in [4.69, 9.17) is 0 Å². The average Bonchev–Trinajstić information content (AvgIpc) is 2.71. The highest BCUT2D eigenvalue weighted by Gasteiger charge is 2.26. The Morgan fingerprint density at radius 2 is 1.89 bits per heavy atom. The lowest BCUT2D eigenvalue weighted by Crippen LogP contribution is -2.35. The minimum atomic E-state index is -3.60. The molecule has 1 fully saturated rings. The summed E-state index contributed by atoms with van der Waals surface area (Å²) in [7, 11) is -3.60. The van der Waals surface area contributed by atoms with E-state index in [1.165, 1.54) is 34.8 Å². The first-order valence-corrected chi connectivity index (χ1v) is 11.0. The fraction of sp³-hybridized carbons (Fsp3) is 0.263. The van der Waals surface area contributed by atoms with Gasteiger partial charge in [-0.25, -0.2) is 13.8 Å². The number of hydrogen-bond donors (Lipinski definition) is 2.